The number of hydrogen-bond acceptors (Lipinski definition) is 6. The van der Waals surface area contributed by atoms with Crippen molar-refractivity contribution in [3.63, 3.8) is 0 Å². The summed E-state index contributed by atoms with van der Waals surface area (Å²) in [5.74, 6) is 0.713. The van der Waals surface area contributed by atoms with Crippen molar-refractivity contribution in [3.8, 4) is 17.0 Å². The second kappa shape index (κ2) is 8.11. The molecule has 2 aromatic carbocycles. The first-order valence-corrected chi connectivity index (χ1v) is 11.9. The van der Waals surface area contributed by atoms with E-state index in [1.165, 1.54) is 0 Å². The minimum absolute atomic E-state index is 0.0000522. The lowest BCUT2D eigenvalue weighted by Gasteiger charge is -2.21. The van der Waals surface area contributed by atoms with Crippen LogP contribution in [0.3, 0.4) is 0 Å². The minimum atomic E-state index is -0.299. The summed E-state index contributed by atoms with van der Waals surface area (Å²) in [6.45, 7) is 7.80. The molecule has 0 saturated carbocycles. The second-order valence-electron chi connectivity index (χ2n) is 9.26. The van der Waals surface area contributed by atoms with E-state index in [-0.39, 0.29) is 22.9 Å². The number of benzene rings is 2. The molecular weight excluding hydrogens is 432 g/mol. The molecule has 6 bridgehead atoms. The van der Waals surface area contributed by atoms with Crippen LogP contribution in [0.25, 0.3) is 33.2 Å². The van der Waals surface area contributed by atoms with Crippen LogP contribution in [0.15, 0.2) is 39.9 Å². The molecule has 9 nitrogen and oxygen atoms in total. The van der Waals surface area contributed by atoms with E-state index in [1.54, 1.807) is 16.8 Å². The molecule has 0 aliphatic carbocycles. The number of para-hydroxylation sites is 1. The van der Waals surface area contributed by atoms with Gasteiger partial charge in [-0.1, -0.05) is 25.1 Å². The Morgan fingerprint density at radius 3 is 2.94 bits per heavy atom. The molecule has 4 aromatic rings. The summed E-state index contributed by atoms with van der Waals surface area (Å²) in [5, 5.41) is 7.19. The fourth-order valence-electron chi connectivity index (χ4n) is 5.26. The predicted molar refractivity (Wildman–Crippen MR) is 131 cm³/mol. The molecule has 3 N–H and O–H groups in total. The molecule has 176 valence electrons. The molecule has 1 fully saturated rings. The molecule has 34 heavy (non-hydrogen) atoms. The van der Waals surface area contributed by atoms with E-state index in [2.05, 4.69) is 34.1 Å². The van der Waals surface area contributed by atoms with Crippen molar-refractivity contribution in [1.29, 1.82) is 0 Å². The Kier molecular flexibility index (Phi) is 5.04. The lowest BCUT2D eigenvalue weighted by atomic mass is 10.1. The van der Waals surface area contributed by atoms with E-state index in [9.17, 15) is 9.59 Å². The van der Waals surface area contributed by atoms with Gasteiger partial charge in [0.25, 0.3) is 11.1 Å². The minimum Gasteiger partial charge on any atom is -0.486 e. The van der Waals surface area contributed by atoms with E-state index in [0.29, 0.717) is 52.4 Å². The Balaban J connectivity index is 1.65. The van der Waals surface area contributed by atoms with Crippen LogP contribution in [-0.2, 0) is 13.1 Å². The van der Waals surface area contributed by atoms with Crippen molar-refractivity contribution in [2.24, 2.45) is 0 Å². The van der Waals surface area contributed by atoms with Crippen LogP contribution in [-0.4, -0.2) is 56.4 Å². The number of rotatable bonds is 3. The number of H-pyrrole nitrogens is 2. The molecule has 9 heteroatoms. The molecule has 0 radical (unpaired) electrons. The van der Waals surface area contributed by atoms with E-state index < -0.39 is 0 Å². The van der Waals surface area contributed by atoms with Gasteiger partial charge in [-0.25, -0.2) is 4.98 Å². The first-order valence-electron chi connectivity index (χ1n) is 11.9. The molecular formula is C25H28N6O3. The van der Waals surface area contributed by atoms with Crippen LogP contribution in [0.5, 0.6) is 5.75 Å². The summed E-state index contributed by atoms with van der Waals surface area (Å²) >= 11 is 0. The number of aromatic amines is 2. The molecule has 2 aromatic heterocycles. The molecule has 0 spiro atoms. The third-order valence-corrected chi connectivity index (χ3v) is 7.07. The van der Waals surface area contributed by atoms with Gasteiger partial charge in [-0.05, 0) is 25.6 Å². The summed E-state index contributed by atoms with van der Waals surface area (Å²) in [6.07, 6.45) is 0.886. The van der Waals surface area contributed by atoms with Gasteiger partial charge in [-0.15, -0.1) is 0 Å². The van der Waals surface area contributed by atoms with Gasteiger partial charge in [0.05, 0.1) is 23.0 Å². The standard InChI is InChI=1S/C25H28N6O3/c1-3-26-12-15-7-8-19-22-23(15)34-16-11-14(2)30(13-16)9-10-31-25(33)18-6-4-5-17(20(18)29-31)21(28-22)24(32)27-19/h4-8,14,16,26,29H,3,9-13H2,1-2H3,(H,27,32)/t14-,16+/m1/s1. The molecule has 3 atom stereocenters. The van der Waals surface area contributed by atoms with Crippen LogP contribution >= 0.6 is 0 Å². The number of ether oxygens (including phenoxy) is 1. The zero-order valence-corrected chi connectivity index (χ0v) is 19.4. The van der Waals surface area contributed by atoms with Gasteiger partial charge in [0.2, 0.25) is 0 Å². The largest absolute Gasteiger partial charge is 0.486 e. The van der Waals surface area contributed by atoms with E-state index in [0.717, 1.165) is 31.6 Å². The summed E-state index contributed by atoms with van der Waals surface area (Å²) < 4.78 is 8.28. The molecule has 6 rings (SSSR count). The van der Waals surface area contributed by atoms with Crippen molar-refractivity contribution in [2.75, 3.05) is 19.6 Å². The van der Waals surface area contributed by atoms with Crippen LogP contribution < -0.4 is 21.2 Å². The van der Waals surface area contributed by atoms with Gasteiger partial charge >= 0.3 is 0 Å². The molecule has 2 aliphatic heterocycles. The van der Waals surface area contributed by atoms with Crippen LogP contribution in [0, 0.1) is 0 Å². The van der Waals surface area contributed by atoms with E-state index in [4.69, 9.17) is 9.72 Å². The van der Waals surface area contributed by atoms with Crippen LogP contribution in [0.4, 0.5) is 0 Å². The van der Waals surface area contributed by atoms with Crippen molar-refractivity contribution in [1.82, 2.24) is 30.0 Å². The average molecular weight is 461 g/mol. The molecule has 0 amide bonds. The summed E-state index contributed by atoms with van der Waals surface area (Å²) in [5.41, 5.74) is 3.40. The van der Waals surface area contributed by atoms with Crippen molar-refractivity contribution in [3.05, 3.63) is 56.6 Å². The zero-order chi connectivity index (χ0) is 23.4. The normalized spacial score (nSPS) is 21.9. The highest BCUT2D eigenvalue weighted by Gasteiger charge is 2.32. The quantitative estimate of drug-likeness (QED) is 0.433. The predicted octanol–water partition coefficient (Wildman–Crippen LogP) is 2.20. The highest BCUT2D eigenvalue weighted by molar-refractivity contribution is 5.94. The van der Waals surface area contributed by atoms with Gasteiger partial charge in [0, 0.05) is 43.2 Å². The van der Waals surface area contributed by atoms with E-state index in [1.807, 2.05) is 18.2 Å². The fraction of sp³-hybridized carbons (Fsp3) is 0.400. The third kappa shape index (κ3) is 3.35. The molecule has 2 aliphatic rings. The number of hydrogen-bond donors (Lipinski definition) is 3. The maximum atomic E-state index is 13.1. The maximum absolute atomic E-state index is 13.1. The Morgan fingerprint density at radius 1 is 1.21 bits per heavy atom. The summed E-state index contributed by atoms with van der Waals surface area (Å²) in [7, 11) is 0. The first-order chi connectivity index (χ1) is 16.5. The summed E-state index contributed by atoms with van der Waals surface area (Å²) in [6, 6.07) is 9.64. The molecule has 1 unspecified atom stereocenters. The highest BCUT2D eigenvalue weighted by Crippen LogP contribution is 2.33. The number of nitrogens with one attached hydrogen (secondary N) is 3. The zero-order valence-electron chi connectivity index (χ0n) is 19.4. The smallest absolute Gasteiger partial charge is 0.275 e. The third-order valence-electron chi connectivity index (χ3n) is 7.07. The summed E-state index contributed by atoms with van der Waals surface area (Å²) in [4.78, 5) is 36.4. The fourth-order valence-corrected chi connectivity index (χ4v) is 5.26. The number of nitrogens with zero attached hydrogens (tertiary/aromatic N) is 3. The monoisotopic (exact) mass is 460 g/mol. The average Bonchev–Trinajstić information content (AvgIpc) is 3.35. The second-order valence-corrected chi connectivity index (χ2v) is 9.26. The van der Waals surface area contributed by atoms with Crippen molar-refractivity contribution >= 4 is 21.9 Å². The molecule has 1 saturated heterocycles. The lowest BCUT2D eigenvalue weighted by molar-refractivity contribution is 0.194. The lowest BCUT2D eigenvalue weighted by Crippen LogP contribution is -2.33. The Labute approximate surface area is 195 Å². The SMILES string of the molecule is CCNCc1ccc2[nH]c(=O)c3nc2c1O[C@H]1C[C@@H](C)N(CCn2[nH]c4c-3cccc4c2=O)C1. The highest BCUT2D eigenvalue weighted by atomic mass is 16.5. The van der Waals surface area contributed by atoms with Gasteiger partial charge in [-0.2, -0.15) is 0 Å². The van der Waals surface area contributed by atoms with Crippen molar-refractivity contribution in [2.45, 2.75) is 45.5 Å². The van der Waals surface area contributed by atoms with Gasteiger partial charge in [0.15, 0.2) is 5.75 Å². The number of fused-ring (bicyclic) bond motifs is 5. The number of aromatic nitrogens is 4. The van der Waals surface area contributed by atoms with Gasteiger partial charge < -0.3 is 15.0 Å². The van der Waals surface area contributed by atoms with Crippen LogP contribution in [0.2, 0.25) is 0 Å². The first kappa shape index (κ1) is 21.1. The molecule has 4 heterocycles. The van der Waals surface area contributed by atoms with E-state index >= 15 is 0 Å². The van der Waals surface area contributed by atoms with Gasteiger partial charge in [-0.3, -0.25) is 24.3 Å². The maximum Gasteiger partial charge on any atom is 0.275 e. The Hall–Kier alpha value is -3.43. The van der Waals surface area contributed by atoms with Crippen LogP contribution in [0.1, 0.15) is 25.8 Å². The van der Waals surface area contributed by atoms with Crippen molar-refractivity contribution < 1.29 is 4.74 Å². The Bertz CT molecular complexity index is 1520. The van der Waals surface area contributed by atoms with Gasteiger partial charge in [0.1, 0.15) is 17.3 Å². The topological polar surface area (TPSA) is 108 Å². The Morgan fingerprint density at radius 2 is 2.09 bits per heavy atom.